The van der Waals surface area contributed by atoms with Crippen molar-refractivity contribution in [3.05, 3.63) is 81.9 Å². The topological polar surface area (TPSA) is 61.1 Å². The van der Waals surface area contributed by atoms with E-state index in [2.05, 4.69) is 18.2 Å². The minimum atomic E-state index is -1.26. The Morgan fingerprint density at radius 2 is 1.82 bits per heavy atom. The second kappa shape index (κ2) is 7.62. The van der Waals surface area contributed by atoms with Crippen LogP contribution in [0.5, 0.6) is 0 Å². The van der Waals surface area contributed by atoms with Crippen molar-refractivity contribution in [2.45, 2.75) is 26.2 Å². The number of carboxylic acid groups (broad SMARTS) is 1. The van der Waals surface area contributed by atoms with E-state index in [9.17, 15) is 15.2 Å². The average molecular weight is 414 g/mol. The Morgan fingerprint density at radius 3 is 2.39 bits per heavy atom. The third-order valence-electron chi connectivity index (χ3n) is 5.98. The fraction of sp³-hybridized carbons (Fsp3) is 0.304. The van der Waals surface area contributed by atoms with Gasteiger partial charge in [0.1, 0.15) is 4.49 Å². The molecular weight excluding hydrogens is 393 g/mol. The SMILES string of the molecule is CC1(C)C(C(C#N)c2cccc(Cc3ccccc3)c2)C1(C=C(Cl)Cl)C(=O)O. The molecule has 3 rings (SSSR count). The molecule has 1 aliphatic carbocycles. The molecule has 1 saturated carbocycles. The lowest BCUT2D eigenvalue weighted by atomic mass is 9.88. The lowest BCUT2D eigenvalue weighted by Gasteiger charge is -2.14. The molecular formula is C23H21Cl2NO2. The highest BCUT2D eigenvalue weighted by Crippen LogP contribution is 2.74. The minimum absolute atomic E-state index is 0.0903. The van der Waals surface area contributed by atoms with E-state index in [0.717, 1.165) is 17.5 Å². The van der Waals surface area contributed by atoms with E-state index in [-0.39, 0.29) is 4.49 Å². The molecule has 0 radical (unpaired) electrons. The molecule has 144 valence electrons. The Bertz CT molecular complexity index is 958. The monoisotopic (exact) mass is 413 g/mol. The Morgan fingerprint density at radius 1 is 1.18 bits per heavy atom. The fourth-order valence-electron chi connectivity index (χ4n) is 4.51. The number of carboxylic acids is 1. The molecule has 28 heavy (non-hydrogen) atoms. The first-order valence-electron chi connectivity index (χ1n) is 9.03. The van der Waals surface area contributed by atoms with Gasteiger partial charge in [0.05, 0.1) is 17.4 Å². The Balaban J connectivity index is 1.96. The van der Waals surface area contributed by atoms with E-state index in [1.54, 1.807) is 0 Å². The molecule has 1 N–H and O–H groups in total. The van der Waals surface area contributed by atoms with Crippen molar-refractivity contribution in [1.82, 2.24) is 0 Å². The summed E-state index contributed by atoms with van der Waals surface area (Å²) < 4.78 is -0.0903. The van der Waals surface area contributed by atoms with Crippen LogP contribution < -0.4 is 0 Å². The van der Waals surface area contributed by atoms with Crippen molar-refractivity contribution in [2.24, 2.45) is 16.7 Å². The van der Waals surface area contributed by atoms with Gasteiger partial charge < -0.3 is 5.11 Å². The van der Waals surface area contributed by atoms with Crippen molar-refractivity contribution in [2.75, 3.05) is 0 Å². The van der Waals surface area contributed by atoms with Crippen LogP contribution in [0.3, 0.4) is 0 Å². The number of rotatable bonds is 6. The van der Waals surface area contributed by atoms with Crippen molar-refractivity contribution >= 4 is 29.2 Å². The van der Waals surface area contributed by atoms with Crippen LogP contribution in [-0.4, -0.2) is 11.1 Å². The maximum atomic E-state index is 12.1. The summed E-state index contributed by atoms with van der Waals surface area (Å²) in [6.07, 6.45) is 2.12. The lowest BCUT2D eigenvalue weighted by Crippen LogP contribution is -2.20. The molecule has 0 aliphatic heterocycles. The average Bonchev–Trinajstić information content (AvgIpc) is 3.12. The molecule has 2 aromatic rings. The summed E-state index contributed by atoms with van der Waals surface area (Å²) in [5.74, 6) is -2.02. The first-order valence-corrected chi connectivity index (χ1v) is 9.79. The van der Waals surface area contributed by atoms with Crippen LogP contribution in [0.25, 0.3) is 0 Å². The number of benzene rings is 2. The zero-order valence-corrected chi connectivity index (χ0v) is 17.2. The molecule has 0 spiro atoms. The number of hydrogen-bond acceptors (Lipinski definition) is 2. The molecule has 0 amide bonds. The summed E-state index contributed by atoms with van der Waals surface area (Å²) in [7, 11) is 0. The van der Waals surface area contributed by atoms with Gasteiger partial charge in [-0.25, -0.2) is 0 Å². The van der Waals surface area contributed by atoms with Crippen LogP contribution >= 0.6 is 23.2 Å². The van der Waals surface area contributed by atoms with Crippen LogP contribution in [0.2, 0.25) is 0 Å². The van der Waals surface area contributed by atoms with E-state index in [1.807, 2.05) is 56.3 Å². The smallest absolute Gasteiger partial charge is 0.314 e. The molecule has 3 atom stereocenters. The Labute approximate surface area is 175 Å². The molecule has 0 aromatic heterocycles. The summed E-state index contributed by atoms with van der Waals surface area (Å²) in [6.45, 7) is 3.69. The highest BCUT2D eigenvalue weighted by molar-refractivity contribution is 6.56. The summed E-state index contributed by atoms with van der Waals surface area (Å²) in [5.41, 5.74) is 1.16. The number of nitrogens with zero attached hydrogens (tertiary/aromatic N) is 1. The van der Waals surface area contributed by atoms with Crippen LogP contribution in [0, 0.1) is 28.1 Å². The van der Waals surface area contributed by atoms with Crippen molar-refractivity contribution in [3.63, 3.8) is 0 Å². The summed E-state index contributed by atoms with van der Waals surface area (Å²) in [6, 6.07) is 20.2. The number of nitriles is 1. The second-order valence-corrected chi connectivity index (χ2v) is 8.83. The van der Waals surface area contributed by atoms with E-state index >= 15 is 0 Å². The zero-order chi connectivity index (χ0) is 20.5. The van der Waals surface area contributed by atoms with Gasteiger partial charge in [-0.3, -0.25) is 4.79 Å². The van der Waals surface area contributed by atoms with Gasteiger partial charge in [-0.1, -0.05) is 91.6 Å². The molecule has 3 nitrogen and oxygen atoms in total. The first-order chi connectivity index (χ1) is 13.2. The molecule has 2 aromatic carbocycles. The van der Waals surface area contributed by atoms with E-state index in [4.69, 9.17) is 23.2 Å². The Hall–Kier alpha value is -2.28. The van der Waals surface area contributed by atoms with Gasteiger partial charge in [0.15, 0.2) is 0 Å². The van der Waals surface area contributed by atoms with Gasteiger partial charge in [0.25, 0.3) is 0 Å². The van der Waals surface area contributed by atoms with E-state index in [1.165, 1.54) is 11.6 Å². The third kappa shape index (κ3) is 3.43. The summed E-state index contributed by atoms with van der Waals surface area (Å²) >= 11 is 11.7. The predicted octanol–water partition coefficient (Wildman–Crippen LogP) is 5.93. The van der Waals surface area contributed by atoms with E-state index < -0.39 is 28.6 Å². The molecule has 0 saturated heterocycles. The van der Waals surface area contributed by atoms with Gasteiger partial charge in [-0.15, -0.1) is 0 Å². The standard InChI is InChI=1S/C23H21Cl2NO2/c1-22(2)20(23(22,21(27)28)13-19(24)25)18(14-26)17-10-6-9-16(12-17)11-15-7-4-3-5-8-15/h3-10,12-13,18,20H,11H2,1-2H3,(H,27,28). The first kappa shape index (κ1) is 20.5. The molecule has 0 heterocycles. The lowest BCUT2D eigenvalue weighted by molar-refractivity contribution is -0.143. The number of halogens is 2. The Kier molecular flexibility index (Phi) is 5.57. The van der Waals surface area contributed by atoms with Crippen molar-refractivity contribution in [3.8, 4) is 6.07 Å². The van der Waals surface area contributed by atoms with Crippen molar-refractivity contribution < 1.29 is 9.90 Å². The largest absolute Gasteiger partial charge is 0.481 e. The highest BCUT2D eigenvalue weighted by Gasteiger charge is 2.77. The van der Waals surface area contributed by atoms with Gasteiger partial charge in [0, 0.05) is 5.92 Å². The molecule has 1 aliphatic rings. The van der Waals surface area contributed by atoms with Crippen LogP contribution in [0.1, 0.15) is 36.5 Å². The van der Waals surface area contributed by atoms with Crippen LogP contribution in [-0.2, 0) is 11.2 Å². The summed E-state index contributed by atoms with van der Waals surface area (Å²) in [4.78, 5) is 12.1. The molecule has 3 unspecified atom stereocenters. The van der Waals surface area contributed by atoms with Gasteiger partial charge in [-0.05, 0) is 34.6 Å². The normalized spacial score (nSPS) is 23.3. The number of carbonyl (C=O) groups is 1. The molecule has 1 fully saturated rings. The number of hydrogen-bond donors (Lipinski definition) is 1. The number of aliphatic carboxylic acids is 1. The second-order valence-electron chi connectivity index (χ2n) is 7.82. The van der Waals surface area contributed by atoms with Crippen LogP contribution in [0.15, 0.2) is 65.2 Å². The van der Waals surface area contributed by atoms with Gasteiger partial charge in [-0.2, -0.15) is 5.26 Å². The zero-order valence-electron chi connectivity index (χ0n) is 15.7. The summed E-state index contributed by atoms with van der Waals surface area (Å²) in [5, 5.41) is 19.8. The minimum Gasteiger partial charge on any atom is -0.481 e. The van der Waals surface area contributed by atoms with E-state index in [0.29, 0.717) is 0 Å². The van der Waals surface area contributed by atoms with Crippen LogP contribution in [0.4, 0.5) is 0 Å². The van der Waals surface area contributed by atoms with Crippen molar-refractivity contribution in [1.29, 1.82) is 5.26 Å². The van der Waals surface area contributed by atoms with Gasteiger partial charge in [0.2, 0.25) is 0 Å². The fourth-order valence-corrected chi connectivity index (χ4v) is 4.85. The maximum absolute atomic E-state index is 12.1. The highest BCUT2D eigenvalue weighted by atomic mass is 35.5. The quantitative estimate of drug-likeness (QED) is 0.637. The third-order valence-corrected chi connectivity index (χ3v) is 6.19. The molecule has 0 bridgehead atoms. The maximum Gasteiger partial charge on any atom is 0.314 e. The molecule has 5 heteroatoms. The predicted molar refractivity (Wildman–Crippen MR) is 111 cm³/mol. The van der Waals surface area contributed by atoms with Gasteiger partial charge >= 0.3 is 5.97 Å².